The molecule has 164 valence electrons. The Kier molecular flexibility index (Phi) is 5.98. The highest BCUT2D eigenvalue weighted by Gasteiger charge is 2.21. The molecule has 1 aliphatic heterocycles. The fourth-order valence-electron chi connectivity index (χ4n) is 3.30. The average molecular weight is 461 g/mol. The molecule has 31 heavy (non-hydrogen) atoms. The third-order valence-electron chi connectivity index (χ3n) is 5.15. The van der Waals surface area contributed by atoms with Crippen molar-refractivity contribution in [1.29, 1.82) is 0 Å². The SMILES string of the molecule is Cc1ccc(S(=O)(=O)N(C)C)cc1C(=O)Nc1ccc2nc(N3CCOCC3)sc2c1. The maximum absolute atomic E-state index is 12.9. The number of sulfonamides is 1. The lowest BCUT2D eigenvalue weighted by Crippen LogP contribution is -2.36. The molecular weight excluding hydrogens is 436 g/mol. The normalized spacial score (nSPS) is 14.9. The van der Waals surface area contributed by atoms with Crippen LogP contribution in [0.1, 0.15) is 15.9 Å². The number of benzene rings is 2. The van der Waals surface area contributed by atoms with Gasteiger partial charge in [0.1, 0.15) is 0 Å². The molecule has 4 rings (SSSR count). The summed E-state index contributed by atoms with van der Waals surface area (Å²) >= 11 is 1.58. The minimum absolute atomic E-state index is 0.0845. The molecule has 0 spiro atoms. The molecule has 10 heteroatoms. The number of aromatic nitrogens is 1. The summed E-state index contributed by atoms with van der Waals surface area (Å²) in [6, 6.07) is 10.2. The summed E-state index contributed by atoms with van der Waals surface area (Å²) in [5.74, 6) is -0.356. The highest BCUT2D eigenvalue weighted by atomic mass is 32.2. The van der Waals surface area contributed by atoms with Crippen LogP contribution < -0.4 is 10.2 Å². The highest BCUT2D eigenvalue weighted by Crippen LogP contribution is 2.31. The van der Waals surface area contributed by atoms with Crippen LogP contribution in [0.15, 0.2) is 41.3 Å². The van der Waals surface area contributed by atoms with E-state index < -0.39 is 10.0 Å². The van der Waals surface area contributed by atoms with Crippen LogP contribution in [0.3, 0.4) is 0 Å². The zero-order valence-corrected chi connectivity index (χ0v) is 19.2. The van der Waals surface area contributed by atoms with Gasteiger partial charge in [0.05, 0.1) is 28.3 Å². The van der Waals surface area contributed by atoms with Gasteiger partial charge in [-0.15, -0.1) is 0 Å². The summed E-state index contributed by atoms with van der Waals surface area (Å²) in [6.07, 6.45) is 0. The van der Waals surface area contributed by atoms with Crippen LogP contribution >= 0.6 is 11.3 Å². The quantitative estimate of drug-likeness (QED) is 0.629. The Morgan fingerprint density at radius 1 is 1.16 bits per heavy atom. The average Bonchev–Trinajstić information content (AvgIpc) is 3.18. The molecule has 1 aromatic heterocycles. The second-order valence-electron chi connectivity index (χ2n) is 7.50. The largest absolute Gasteiger partial charge is 0.378 e. The molecule has 0 saturated carbocycles. The van der Waals surface area contributed by atoms with Gasteiger partial charge >= 0.3 is 0 Å². The van der Waals surface area contributed by atoms with Crippen LogP contribution in [-0.4, -0.2) is 64.0 Å². The lowest BCUT2D eigenvalue weighted by molar-refractivity contribution is 0.102. The predicted molar refractivity (Wildman–Crippen MR) is 123 cm³/mol. The summed E-state index contributed by atoms with van der Waals surface area (Å²) in [7, 11) is -0.701. The van der Waals surface area contributed by atoms with Crippen LogP contribution in [0.5, 0.6) is 0 Å². The predicted octanol–water partition coefficient (Wildman–Crippen LogP) is 2.94. The molecule has 0 bridgehead atoms. The Morgan fingerprint density at radius 2 is 1.90 bits per heavy atom. The van der Waals surface area contributed by atoms with Gasteiger partial charge in [0.15, 0.2) is 5.13 Å². The molecule has 0 aliphatic carbocycles. The van der Waals surface area contributed by atoms with Crippen LogP contribution in [0.25, 0.3) is 10.2 Å². The zero-order valence-electron chi connectivity index (χ0n) is 17.6. The van der Waals surface area contributed by atoms with E-state index in [2.05, 4.69) is 15.2 Å². The van der Waals surface area contributed by atoms with E-state index in [-0.39, 0.29) is 10.8 Å². The van der Waals surface area contributed by atoms with Crippen molar-refractivity contribution in [3.63, 3.8) is 0 Å². The Morgan fingerprint density at radius 3 is 2.61 bits per heavy atom. The first kappa shape index (κ1) is 21.7. The number of nitrogens with one attached hydrogen (secondary N) is 1. The summed E-state index contributed by atoms with van der Waals surface area (Å²) in [5, 5.41) is 3.83. The minimum Gasteiger partial charge on any atom is -0.378 e. The van der Waals surface area contributed by atoms with Gasteiger partial charge in [0.2, 0.25) is 10.0 Å². The molecular formula is C21H24N4O4S2. The standard InChI is InChI=1S/C21H24N4O4S2/c1-14-4-6-16(31(27,28)24(2)3)13-17(14)20(26)22-15-5-7-18-19(12-15)30-21(23-18)25-8-10-29-11-9-25/h4-7,12-13H,8-11H2,1-3H3,(H,22,26). The maximum Gasteiger partial charge on any atom is 0.255 e. The van der Waals surface area contributed by atoms with Gasteiger partial charge in [-0.2, -0.15) is 0 Å². The first-order chi connectivity index (χ1) is 14.8. The molecule has 3 aromatic rings. The van der Waals surface area contributed by atoms with Gasteiger partial charge in [-0.25, -0.2) is 17.7 Å². The number of ether oxygens (including phenoxy) is 1. The lowest BCUT2D eigenvalue weighted by atomic mass is 10.1. The van der Waals surface area contributed by atoms with Crippen molar-refractivity contribution in [2.24, 2.45) is 0 Å². The number of anilines is 2. The van der Waals surface area contributed by atoms with Crippen molar-refractivity contribution in [1.82, 2.24) is 9.29 Å². The molecule has 2 aromatic carbocycles. The van der Waals surface area contributed by atoms with Crippen LogP contribution in [-0.2, 0) is 14.8 Å². The van der Waals surface area contributed by atoms with E-state index in [4.69, 9.17) is 4.74 Å². The summed E-state index contributed by atoms with van der Waals surface area (Å²) in [4.78, 5) is 19.9. The number of aryl methyl sites for hydroxylation is 1. The van der Waals surface area contributed by atoms with Gasteiger partial charge in [-0.05, 0) is 42.8 Å². The second-order valence-corrected chi connectivity index (χ2v) is 10.7. The number of carbonyl (C=O) groups is 1. The Labute approximate surface area is 185 Å². The first-order valence-electron chi connectivity index (χ1n) is 9.83. The van der Waals surface area contributed by atoms with Crippen molar-refractivity contribution in [2.75, 3.05) is 50.6 Å². The number of morpholine rings is 1. The number of nitrogens with zero attached hydrogens (tertiary/aromatic N) is 3. The summed E-state index contributed by atoms with van der Waals surface area (Å²) < 4.78 is 32.4. The van der Waals surface area contributed by atoms with Gasteiger partial charge < -0.3 is 15.0 Å². The summed E-state index contributed by atoms with van der Waals surface area (Å²) in [6.45, 7) is 4.80. The number of hydrogen-bond acceptors (Lipinski definition) is 7. The van der Waals surface area contributed by atoms with Crippen molar-refractivity contribution in [3.8, 4) is 0 Å². The molecule has 0 radical (unpaired) electrons. The Hall–Kier alpha value is -2.53. The molecule has 1 fully saturated rings. The first-order valence-corrected chi connectivity index (χ1v) is 12.1. The molecule has 2 heterocycles. The summed E-state index contributed by atoms with van der Waals surface area (Å²) in [5.41, 5.74) is 2.53. The van der Waals surface area contributed by atoms with Gasteiger partial charge in [-0.1, -0.05) is 17.4 Å². The van der Waals surface area contributed by atoms with E-state index >= 15 is 0 Å². The molecule has 1 amide bonds. The third kappa shape index (κ3) is 4.42. The van der Waals surface area contributed by atoms with Crippen LogP contribution in [0.2, 0.25) is 0 Å². The van der Waals surface area contributed by atoms with Gasteiger partial charge in [0, 0.05) is 38.4 Å². The fourth-order valence-corrected chi connectivity index (χ4v) is 5.28. The number of rotatable bonds is 5. The van der Waals surface area contributed by atoms with Crippen molar-refractivity contribution >= 4 is 48.3 Å². The van der Waals surface area contributed by atoms with E-state index in [1.807, 2.05) is 12.1 Å². The number of carbonyl (C=O) groups excluding carboxylic acids is 1. The second kappa shape index (κ2) is 8.54. The lowest BCUT2D eigenvalue weighted by Gasteiger charge is -2.25. The van der Waals surface area contributed by atoms with Crippen molar-refractivity contribution in [3.05, 3.63) is 47.5 Å². The smallest absolute Gasteiger partial charge is 0.255 e. The van der Waals surface area contributed by atoms with E-state index in [0.717, 1.165) is 32.7 Å². The molecule has 1 saturated heterocycles. The molecule has 0 unspecified atom stereocenters. The van der Waals surface area contributed by atoms with Crippen LogP contribution in [0, 0.1) is 6.92 Å². The van der Waals surface area contributed by atoms with E-state index in [1.54, 1.807) is 30.4 Å². The van der Waals surface area contributed by atoms with E-state index in [0.29, 0.717) is 30.0 Å². The Bertz CT molecular complexity index is 1230. The number of amides is 1. The molecule has 8 nitrogen and oxygen atoms in total. The number of fused-ring (bicyclic) bond motifs is 1. The fraction of sp³-hybridized carbons (Fsp3) is 0.333. The highest BCUT2D eigenvalue weighted by molar-refractivity contribution is 7.89. The topological polar surface area (TPSA) is 91.8 Å². The molecule has 1 aliphatic rings. The Balaban J connectivity index is 1.58. The van der Waals surface area contributed by atoms with Crippen molar-refractivity contribution in [2.45, 2.75) is 11.8 Å². The maximum atomic E-state index is 12.9. The van der Waals surface area contributed by atoms with E-state index in [1.165, 1.54) is 26.2 Å². The molecule has 0 atom stereocenters. The minimum atomic E-state index is -3.63. The molecule has 1 N–H and O–H groups in total. The van der Waals surface area contributed by atoms with Gasteiger partial charge in [-0.3, -0.25) is 4.79 Å². The van der Waals surface area contributed by atoms with Crippen LogP contribution in [0.4, 0.5) is 10.8 Å². The zero-order chi connectivity index (χ0) is 22.2. The number of thiazole rings is 1. The number of hydrogen-bond donors (Lipinski definition) is 1. The third-order valence-corrected chi connectivity index (χ3v) is 8.04. The monoisotopic (exact) mass is 460 g/mol. The van der Waals surface area contributed by atoms with E-state index in [9.17, 15) is 13.2 Å². The van der Waals surface area contributed by atoms with Crippen molar-refractivity contribution < 1.29 is 17.9 Å². The van der Waals surface area contributed by atoms with Gasteiger partial charge in [0.25, 0.3) is 5.91 Å².